The first-order valence-electron chi connectivity index (χ1n) is 10.5. The van der Waals surface area contributed by atoms with Gasteiger partial charge in [0.05, 0.1) is 6.10 Å². The molecule has 0 aromatic rings. The number of allylic oxidation sites excluding steroid dienone is 4. The summed E-state index contributed by atoms with van der Waals surface area (Å²) >= 11 is 0. The normalized spacial score (nSPS) is 46.6. The Morgan fingerprint density at radius 2 is 2.00 bits per heavy atom. The number of fused-ring (bicyclic) bond motifs is 5. The third kappa shape index (κ3) is 2.37. The Bertz CT molecular complexity index is 855. The predicted octanol–water partition coefficient (Wildman–Crippen LogP) is 1.52. The maximum atomic E-state index is 12.4. The molecule has 0 heterocycles. The van der Waals surface area contributed by atoms with Crippen molar-refractivity contribution in [3.05, 3.63) is 22.8 Å². The number of hydrogen-bond donors (Lipinski definition) is 3. The van der Waals surface area contributed by atoms with Gasteiger partial charge in [-0.05, 0) is 56.9 Å². The molecular weight excluding hydrogens is 372 g/mol. The Hall–Kier alpha value is -1.63. The van der Waals surface area contributed by atoms with Crippen LogP contribution in [0.5, 0.6) is 0 Å². The van der Waals surface area contributed by atoms with Crippen molar-refractivity contribution < 1.29 is 29.7 Å². The van der Waals surface area contributed by atoms with E-state index in [0.717, 1.165) is 18.3 Å². The van der Waals surface area contributed by atoms with E-state index in [1.54, 1.807) is 13.0 Å². The van der Waals surface area contributed by atoms with Gasteiger partial charge in [0.25, 0.3) is 0 Å². The van der Waals surface area contributed by atoms with E-state index in [-0.39, 0.29) is 36.4 Å². The first kappa shape index (κ1) is 20.6. The molecular formula is C23H30O6. The molecule has 0 radical (unpaired) electrons. The van der Waals surface area contributed by atoms with Gasteiger partial charge in [-0.1, -0.05) is 19.4 Å². The summed E-state index contributed by atoms with van der Waals surface area (Å²) in [5.74, 6) is -0.960. The van der Waals surface area contributed by atoms with Crippen LogP contribution < -0.4 is 0 Å². The molecule has 0 bridgehead atoms. The monoisotopic (exact) mass is 402 g/mol. The molecule has 29 heavy (non-hydrogen) atoms. The minimum Gasteiger partial charge on any atom is -0.393 e. The number of hydrogen-bond acceptors (Lipinski definition) is 6. The molecule has 3 fully saturated rings. The van der Waals surface area contributed by atoms with Crippen molar-refractivity contribution in [3.8, 4) is 0 Å². The van der Waals surface area contributed by atoms with Crippen LogP contribution in [0.1, 0.15) is 52.9 Å². The summed E-state index contributed by atoms with van der Waals surface area (Å²) in [5, 5.41) is 32.0. The smallest absolute Gasteiger partial charge is 0.190 e. The van der Waals surface area contributed by atoms with Crippen LogP contribution in [-0.2, 0) is 14.4 Å². The van der Waals surface area contributed by atoms with Gasteiger partial charge in [0, 0.05) is 27.9 Å². The van der Waals surface area contributed by atoms with Crippen molar-refractivity contribution in [1.29, 1.82) is 0 Å². The van der Waals surface area contributed by atoms with Gasteiger partial charge >= 0.3 is 0 Å². The summed E-state index contributed by atoms with van der Waals surface area (Å²) in [6.07, 6.45) is 4.11. The molecule has 4 aliphatic rings. The summed E-state index contributed by atoms with van der Waals surface area (Å²) in [7, 11) is 0. The molecule has 0 saturated heterocycles. The molecule has 4 aliphatic carbocycles. The largest absolute Gasteiger partial charge is 0.393 e. The lowest BCUT2D eigenvalue weighted by molar-refractivity contribution is -0.179. The molecule has 4 rings (SSSR count). The van der Waals surface area contributed by atoms with Crippen molar-refractivity contribution in [1.82, 2.24) is 0 Å². The van der Waals surface area contributed by atoms with Gasteiger partial charge in [0.1, 0.15) is 18.5 Å². The number of carbonyl (C=O) groups is 3. The van der Waals surface area contributed by atoms with Crippen molar-refractivity contribution in [2.24, 2.45) is 28.6 Å². The highest BCUT2D eigenvalue weighted by molar-refractivity contribution is 6.09. The van der Waals surface area contributed by atoms with E-state index in [1.165, 1.54) is 0 Å². The Kier molecular flexibility index (Phi) is 4.58. The molecule has 158 valence electrons. The van der Waals surface area contributed by atoms with Crippen LogP contribution in [0, 0.1) is 28.6 Å². The molecule has 0 aromatic carbocycles. The average molecular weight is 402 g/mol. The number of carbonyl (C=O) groups excluding carboxylic acids is 3. The minimum absolute atomic E-state index is 0.000566. The molecule has 3 N–H and O–H groups in total. The number of aliphatic hydroxyl groups excluding tert-OH is 2. The fourth-order valence-electron chi connectivity index (χ4n) is 7.53. The van der Waals surface area contributed by atoms with Crippen LogP contribution in [0.3, 0.4) is 0 Å². The molecule has 6 nitrogen and oxygen atoms in total. The molecule has 0 aromatic heterocycles. The van der Waals surface area contributed by atoms with Gasteiger partial charge in [-0.15, -0.1) is 0 Å². The topological polar surface area (TPSA) is 112 Å². The van der Waals surface area contributed by atoms with Gasteiger partial charge in [0.2, 0.25) is 0 Å². The molecule has 0 spiro atoms. The first-order chi connectivity index (χ1) is 13.6. The zero-order valence-electron chi connectivity index (χ0n) is 17.3. The van der Waals surface area contributed by atoms with Crippen molar-refractivity contribution >= 4 is 17.9 Å². The van der Waals surface area contributed by atoms with E-state index in [9.17, 15) is 29.7 Å². The van der Waals surface area contributed by atoms with E-state index in [1.807, 2.05) is 13.8 Å². The lowest BCUT2D eigenvalue weighted by atomic mass is 9.44. The van der Waals surface area contributed by atoms with Crippen LogP contribution in [0.4, 0.5) is 0 Å². The Labute approximate surface area is 170 Å². The Morgan fingerprint density at radius 3 is 2.62 bits per heavy atom. The van der Waals surface area contributed by atoms with Gasteiger partial charge in [-0.25, -0.2) is 0 Å². The maximum absolute atomic E-state index is 12.4. The average Bonchev–Trinajstić information content (AvgIpc) is 2.94. The molecule has 0 unspecified atom stereocenters. The molecule has 0 amide bonds. The number of ketones is 2. The highest BCUT2D eigenvalue weighted by atomic mass is 16.3. The zero-order chi connectivity index (χ0) is 21.4. The Balaban J connectivity index is 1.82. The second-order valence-corrected chi connectivity index (χ2v) is 9.90. The fourth-order valence-corrected chi connectivity index (χ4v) is 7.53. The van der Waals surface area contributed by atoms with Crippen molar-refractivity contribution in [3.63, 3.8) is 0 Å². The quantitative estimate of drug-likeness (QED) is 0.617. The first-order valence-corrected chi connectivity index (χ1v) is 10.5. The summed E-state index contributed by atoms with van der Waals surface area (Å²) in [4.78, 5) is 36.9. The second kappa shape index (κ2) is 6.43. The summed E-state index contributed by atoms with van der Waals surface area (Å²) in [6.45, 7) is 4.77. The molecule has 3 saturated carbocycles. The van der Waals surface area contributed by atoms with Crippen LogP contribution in [0.25, 0.3) is 0 Å². The van der Waals surface area contributed by atoms with Crippen LogP contribution in [0.2, 0.25) is 0 Å². The van der Waals surface area contributed by atoms with Gasteiger partial charge in [0.15, 0.2) is 11.6 Å². The van der Waals surface area contributed by atoms with Crippen molar-refractivity contribution in [2.45, 2.75) is 64.6 Å². The Morgan fingerprint density at radius 1 is 1.31 bits per heavy atom. The number of aldehydes is 1. The van der Waals surface area contributed by atoms with Crippen LogP contribution >= 0.6 is 0 Å². The fraction of sp³-hybridized carbons (Fsp3) is 0.696. The number of aliphatic hydroxyl groups is 3. The third-order valence-corrected chi connectivity index (χ3v) is 9.05. The summed E-state index contributed by atoms with van der Waals surface area (Å²) in [6, 6.07) is 0. The third-order valence-electron chi connectivity index (χ3n) is 9.05. The van der Waals surface area contributed by atoms with Crippen molar-refractivity contribution in [2.75, 3.05) is 6.61 Å². The SMILES string of the molecule is CC1=C(C=O)[C@@]2(C)C(=CC1=O)CC[C@@H]1[C@@H]2[C@@H](O)C[C@@]2(C)[C@H]1CC[C@]2(O)C(=O)CO. The maximum Gasteiger partial charge on any atom is 0.190 e. The molecule has 6 heteroatoms. The van der Waals surface area contributed by atoms with Crippen LogP contribution in [-0.4, -0.2) is 51.5 Å². The molecule has 0 aliphatic heterocycles. The predicted molar refractivity (Wildman–Crippen MR) is 105 cm³/mol. The lowest BCUT2D eigenvalue weighted by Gasteiger charge is -2.60. The van der Waals surface area contributed by atoms with E-state index < -0.39 is 34.9 Å². The summed E-state index contributed by atoms with van der Waals surface area (Å²) in [5.41, 5.74) is -1.39. The zero-order valence-corrected chi connectivity index (χ0v) is 17.3. The highest BCUT2D eigenvalue weighted by Gasteiger charge is 2.68. The van der Waals surface area contributed by atoms with E-state index >= 15 is 0 Å². The highest BCUT2D eigenvalue weighted by Crippen LogP contribution is 2.68. The van der Waals surface area contributed by atoms with E-state index in [2.05, 4.69) is 0 Å². The number of Topliss-reactive ketones (excluding diaryl/α,β-unsaturated/α-hetero) is 1. The standard InChI is InChI=1S/C23H30O6/c1-12-16(10-24)22(3)13(8-17(12)26)4-5-14-15-6-7-23(29,19(28)11-25)21(15,2)9-18(27)20(14)22/h8,10,14-15,18,20,25,27,29H,4-7,9,11H2,1-3H3/t14-,15-,18-,20+,21-,22+,23-/m0/s1. The van der Waals surface area contributed by atoms with Gasteiger partial charge in [-0.3, -0.25) is 14.4 Å². The molecule has 7 atom stereocenters. The second-order valence-electron chi connectivity index (χ2n) is 9.90. The minimum atomic E-state index is -1.64. The lowest BCUT2D eigenvalue weighted by Crippen LogP contribution is -2.62. The summed E-state index contributed by atoms with van der Waals surface area (Å²) < 4.78 is 0. The van der Waals surface area contributed by atoms with Gasteiger partial charge in [-0.2, -0.15) is 0 Å². The van der Waals surface area contributed by atoms with E-state index in [4.69, 9.17) is 0 Å². The van der Waals surface area contributed by atoms with Crippen LogP contribution in [0.15, 0.2) is 22.8 Å². The van der Waals surface area contributed by atoms with Gasteiger partial charge < -0.3 is 15.3 Å². The van der Waals surface area contributed by atoms with E-state index in [0.29, 0.717) is 24.0 Å². The number of rotatable bonds is 3.